The number of nitrogens with zero attached hydrogens (tertiary/aromatic N) is 1. The number of benzene rings is 1. The molecule has 0 aliphatic carbocycles. The van der Waals surface area contributed by atoms with E-state index in [4.69, 9.17) is 0 Å². The second-order valence-corrected chi connectivity index (χ2v) is 4.40. The monoisotopic (exact) mass is 330 g/mol. The van der Waals surface area contributed by atoms with E-state index in [1.807, 2.05) is 0 Å². The van der Waals surface area contributed by atoms with Crippen LogP contribution in [-0.4, -0.2) is 10.9 Å². The predicted molar refractivity (Wildman–Crippen MR) is 66.2 cm³/mol. The molecule has 3 nitrogen and oxygen atoms in total. The number of anilines is 1. The van der Waals surface area contributed by atoms with Gasteiger partial charge in [-0.1, -0.05) is 0 Å². The molecule has 0 atom stereocenters. The molecule has 0 spiro atoms. The highest BCUT2D eigenvalue weighted by Gasteiger charge is 2.15. The Kier molecular flexibility index (Phi) is 3.84. The Bertz CT molecular complexity index is 626. The molecule has 0 unspecified atom stereocenters. The minimum Gasteiger partial charge on any atom is -0.320 e. The van der Waals surface area contributed by atoms with E-state index in [0.29, 0.717) is 16.6 Å². The summed E-state index contributed by atoms with van der Waals surface area (Å²) >= 11 is 3.12. The highest BCUT2D eigenvalue weighted by atomic mass is 79.9. The van der Waals surface area contributed by atoms with E-state index in [9.17, 15) is 18.0 Å². The van der Waals surface area contributed by atoms with Crippen molar-refractivity contribution in [1.82, 2.24) is 4.98 Å². The summed E-state index contributed by atoms with van der Waals surface area (Å²) in [7, 11) is 0. The lowest BCUT2D eigenvalue weighted by molar-refractivity contribution is 0.102. The van der Waals surface area contributed by atoms with Crippen LogP contribution in [0.4, 0.5) is 18.9 Å². The molecule has 1 aromatic heterocycles. The van der Waals surface area contributed by atoms with Gasteiger partial charge in [0.2, 0.25) is 0 Å². The van der Waals surface area contributed by atoms with Crippen molar-refractivity contribution in [2.75, 3.05) is 5.32 Å². The third-order valence-corrected chi connectivity index (χ3v) is 2.86. The quantitative estimate of drug-likeness (QED) is 0.856. The molecule has 0 saturated heterocycles. The molecule has 1 aromatic carbocycles. The van der Waals surface area contributed by atoms with Crippen LogP contribution in [0.5, 0.6) is 0 Å². The number of amides is 1. The molecule has 1 N–H and O–H groups in total. The standard InChI is InChI=1S/C12H6BrF3N2O/c13-7-2-1-3-17-11(7)12(19)18-6-4-8(14)10(16)9(15)5-6/h1-5H,(H,18,19). The van der Waals surface area contributed by atoms with Gasteiger partial charge in [-0.15, -0.1) is 0 Å². The van der Waals surface area contributed by atoms with Crippen molar-refractivity contribution in [3.8, 4) is 0 Å². The van der Waals surface area contributed by atoms with Gasteiger partial charge in [0.25, 0.3) is 5.91 Å². The molecule has 7 heteroatoms. The average molecular weight is 331 g/mol. The number of pyridine rings is 1. The third-order valence-electron chi connectivity index (χ3n) is 2.22. The van der Waals surface area contributed by atoms with Crippen molar-refractivity contribution in [2.45, 2.75) is 0 Å². The second kappa shape index (κ2) is 5.40. The SMILES string of the molecule is O=C(Nc1cc(F)c(F)c(F)c1)c1ncccc1Br. The summed E-state index contributed by atoms with van der Waals surface area (Å²) in [5, 5.41) is 2.23. The van der Waals surface area contributed by atoms with Crippen molar-refractivity contribution in [3.05, 3.63) is 58.1 Å². The van der Waals surface area contributed by atoms with E-state index in [0.717, 1.165) is 0 Å². The fourth-order valence-corrected chi connectivity index (χ4v) is 1.81. The lowest BCUT2D eigenvalue weighted by Gasteiger charge is -2.06. The van der Waals surface area contributed by atoms with Crippen LogP contribution in [-0.2, 0) is 0 Å². The van der Waals surface area contributed by atoms with Gasteiger partial charge >= 0.3 is 0 Å². The van der Waals surface area contributed by atoms with E-state index in [1.54, 1.807) is 12.1 Å². The fraction of sp³-hybridized carbons (Fsp3) is 0. The lowest BCUT2D eigenvalue weighted by Crippen LogP contribution is -2.14. The number of rotatable bonds is 2. The molecular weight excluding hydrogens is 325 g/mol. The number of hydrogen-bond acceptors (Lipinski definition) is 2. The third kappa shape index (κ3) is 2.93. The van der Waals surface area contributed by atoms with Crippen molar-refractivity contribution < 1.29 is 18.0 Å². The highest BCUT2D eigenvalue weighted by molar-refractivity contribution is 9.10. The first-order chi connectivity index (χ1) is 8.99. The maximum atomic E-state index is 13.0. The number of halogens is 4. The van der Waals surface area contributed by atoms with Crippen LogP contribution < -0.4 is 5.32 Å². The first kappa shape index (κ1) is 13.5. The molecule has 0 fully saturated rings. The van der Waals surface area contributed by atoms with Crippen molar-refractivity contribution in [2.24, 2.45) is 0 Å². The highest BCUT2D eigenvalue weighted by Crippen LogP contribution is 2.19. The summed E-state index contributed by atoms with van der Waals surface area (Å²) in [5.41, 5.74) is -0.147. The zero-order chi connectivity index (χ0) is 14.0. The van der Waals surface area contributed by atoms with Crippen LogP contribution in [0.25, 0.3) is 0 Å². The van der Waals surface area contributed by atoms with Gasteiger partial charge in [0.15, 0.2) is 17.5 Å². The van der Waals surface area contributed by atoms with E-state index in [1.165, 1.54) is 6.20 Å². The molecule has 2 aromatic rings. The molecular formula is C12H6BrF3N2O. The Morgan fingerprint density at radius 1 is 1.21 bits per heavy atom. The molecule has 19 heavy (non-hydrogen) atoms. The number of nitrogens with one attached hydrogen (secondary N) is 1. The second-order valence-electron chi connectivity index (χ2n) is 3.54. The van der Waals surface area contributed by atoms with Gasteiger partial charge in [-0.05, 0) is 28.1 Å². The van der Waals surface area contributed by atoms with Gasteiger partial charge in [0.1, 0.15) is 5.69 Å². The molecule has 0 saturated carbocycles. The molecule has 0 aliphatic rings. The van der Waals surface area contributed by atoms with Crippen LogP contribution in [0.15, 0.2) is 34.9 Å². The minimum absolute atomic E-state index is 0.0487. The first-order valence-corrected chi connectivity index (χ1v) is 5.84. The van der Waals surface area contributed by atoms with Crippen molar-refractivity contribution >= 4 is 27.5 Å². The molecule has 0 radical (unpaired) electrons. The number of aromatic nitrogens is 1. The van der Waals surface area contributed by atoms with Crippen LogP contribution in [0, 0.1) is 17.5 Å². The molecule has 0 bridgehead atoms. The van der Waals surface area contributed by atoms with E-state index >= 15 is 0 Å². The Hall–Kier alpha value is -1.89. The van der Waals surface area contributed by atoms with E-state index in [-0.39, 0.29) is 11.4 Å². The maximum Gasteiger partial charge on any atom is 0.275 e. The lowest BCUT2D eigenvalue weighted by atomic mass is 10.2. The van der Waals surface area contributed by atoms with Gasteiger partial charge in [-0.25, -0.2) is 18.2 Å². The van der Waals surface area contributed by atoms with E-state index < -0.39 is 23.4 Å². The number of carbonyl (C=O) groups is 1. The van der Waals surface area contributed by atoms with Crippen molar-refractivity contribution in [3.63, 3.8) is 0 Å². The molecule has 0 aliphatic heterocycles. The largest absolute Gasteiger partial charge is 0.320 e. The summed E-state index contributed by atoms with van der Waals surface area (Å²) in [4.78, 5) is 15.6. The predicted octanol–water partition coefficient (Wildman–Crippen LogP) is 3.51. The van der Waals surface area contributed by atoms with Crippen molar-refractivity contribution in [1.29, 1.82) is 0 Å². The Labute approximate surface area is 114 Å². The molecule has 1 heterocycles. The van der Waals surface area contributed by atoms with Gasteiger partial charge < -0.3 is 5.32 Å². The summed E-state index contributed by atoms with van der Waals surface area (Å²) in [5.74, 6) is -5.01. The number of carbonyl (C=O) groups excluding carboxylic acids is 1. The topological polar surface area (TPSA) is 42.0 Å². The van der Waals surface area contributed by atoms with Gasteiger partial charge in [-0.2, -0.15) is 0 Å². The van der Waals surface area contributed by atoms with Crippen LogP contribution >= 0.6 is 15.9 Å². The van der Waals surface area contributed by atoms with Gasteiger partial charge in [0.05, 0.1) is 0 Å². The molecule has 1 amide bonds. The first-order valence-electron chi connectivity index (χ1n) is 5.05. The van der Waals surface area contributed by atoms with Crippen LogP contribution in [0.3, 0.4) is 0 Å². The summed E-state index contributed by atoms with van der Waals surface area (Å²) in [6.07, 6.45) is 1.39. The smallest absolute Gasteiger partial charge is 0.275 e. The summed E-state index contributed by atoms with van der Waals surface area (Å²) in [6, 6.07) is 4.58. The van der Waals surface area contributed by atoms with Crippen LogP contribution in [0.1, 0.15) is 10.5 Å². The van der Waals surface area contributed by atoms with Gasteiger partial charge in [0, 0.05) is 28.5 Å². The Morgan fingerprint density at radius 2 is 1.84 bits per heavy atom. The Morgan fingerprint density at radius 3 is 2.42 bits per heavy atom. The molecule has 2 rings (SSSR count). The zero-order valence-corrected chi connectivity index (χ0v) is 10.8. The zero-order valence-electron chi connectivity index (χ0n) is 9.25. The molecule has 98 valence electrons. The summed E-state index contributed by atoms with van der Waals surface area (Å²) in [6.45, 7) is 0. The average Bonchev–Trinajstić information content (AvgIpc) is 2.36. The fourth-order valence-electron chi connectivity index (χ4n) is 1.37. The van der Waals surface area contributed by atoms with Gasteiger partial charge in [-0.3, -0.25) is 4.79 Å². The normalized spacial score (nSPS) is 10.3. The minimum atomic E-state index is -1.59. The summed E-state index contributed by atoms with van der Waals surface area (Å²) < 4.78 is 39.1. The van der Waals surface area contributed by atoms with Crippen LogP contribution in [0.2, 0.25) is 0 Å². The maximum absolute atomic E-state index is 13.0. The Balaban J connectivity index is 2.27. The number of hydrogen-bond donors (Lipinski definition) is 1. The van der Waals surface area contributed by atoms with E-state index in [2.05, 4.69) is 26.2 Å².